The van der Waals surface area contributed by atoms with Gasteiger partial charge in [-0.05, 0) is 126 Å². The largest absolute Gasteiger partial charge is 0.504 e. The Hall–Kier alpha value is -8.79. The van der Waals surface area contributed by atoms with Crippen LogP contribution in [0.5, 0.6) is 69.0 Å². The zero-order valence-corrected chi connectivity index (χ0v) is 40.1. The molecule has 4 aromatic carbocycles. The van der Waals surface area contributed by atoms with Gasteiger partial charge in [0, 0.05) is 35.3 Å². The first-order chi connectivity index (χ1) is 35.4. The van der Waals surface area contributed by atoms with E-state index < -0.39 is 169 Å². The predicted molar refractivity (Wildman–Crippen MR) is 261 cm³/mol. The molecule has 27 heteroatoms. The minimum absolute atomic E-state index is 0.0569. The molecule has 0 unspecified atom stereocenters. The van der Waals surface area contributed by atoms with Crippen LogP contribution in [0.25, 0.3) is 0 Å². The second-order valence-electron chi connectivity index (χ2n) is 17.2. The molecular weight excluding hydrogens is 993 g/mol. The van der Waals surface area contributed by atoms with Gasteiger partial charge in [-0.1, -0.05) is 0 Å². The monoisotopic (exact) mass is 1050 g/mol. The number of nitrogens with two attached hydrogens (primary N) is 4. The maximum atomic E-state index is 16.5. The van der Waals surface area contributed by atoms with Crippen LogP contribution in [0.15, 0.2) is 48.5 Å². The molecule has 4 aromatic rings. The van der Waals surface area contributed by atoms with E-state index in [0.29, 0.717) is 48.5 Å². The number of nitrogens with one attached hydrogen (secondary N) is 3. The van der Waals surface area contributed by atoms with Crippen LogP contribution in [-0.2, 0) is 14.4 Å². The third-order valence-electron chi connectivity index (χ3n) is 11.9. The van der Waals surface area contributed by atoms with E-state index in [-0.39, 0.29) is 76.1 Å². The van der Waals surface area contributed by atoms with Crippen molar-refractivity contribution in [3.05, 3.63) is 70.8 Å². The fourth-order valence-corrected chi connectivity index (χ4v) is 7.97. The molecule has 3 atom stereocenters. The number of imide groups is 1. The molecule has 5 amide bonds. The smallest absolute Gasteiger partial charge is 0.263 e. The third kappa shape index (κ3) is 12.9. The van der Waals surface area contributed by atoms with E-state index in [1.54, 1.807) is 0 Å². The fraction of sp³-hybridized carbons (Fsp3) is 0.354. The highest BCUT2D eigenvalue weighted by Crippen LogP contribution is 2.42. The van der Waals surface area contributed by atoms with Crippen molar-refractivity contribution in [1.29, 1.82) is 0 Å². The number of carbonyl (C=O) groups is 7. The van der Waals surface area contributed by atoms with Crippen molar-refractivity contribution >= 4 is 41.1 Å². The summed E-state index contributed by atoms with van der Waals surface area (Å²) in [5.74, 6) is -25.1. The van der Waals surface area contributed by atoms with Gasteiger partial charge in [-0.25, -0.2) is 0 Å². The number of phenolic OH excluding ortho intramolecular Hbond substituents is 12. The number of hydrogen-bond donors (Lipinski definition) is 19. The number of Topliss-reactive ketones (excluding diaryl/α,β-unsaturated/α-hetero) is 2. The van der Waals surface area contributed by atoms with Crippen LogP contribution in [0.2, 0.25) is 0 Å². The van der Waals surface area contributed by atoms with Crippen LogP contribution < -0.4 is 38.9 Å². The summed E-state index contributed by atoms with van der Waals surface area (Å²) < 4.78 is 0. The highest BCUT2D eigenvalue weighted by atomic mass is 16.3. The first-order valence-corrected chi connectivity index (χ1v) is 23.1. The van der Waals surface area contributed by atoms with Crippen LogP contribution >= 0.6 is 0 Å². The number of aromatic hydroxyl groups is 12. The number of carbonyl (C=O) groups excluding carboxylic acids is 7. The van der Waals surface area contributed by atoms with E-state index >= 15 is 19.2 Å². The lowest BCUT2D eigenvalue weighted by Crippen LogP contribution is -2.73. The fourth-order valence-electron chi connectivity index (χ4n) is 7.97. The van der Waals surface area contributed by atoms with Crippen LogP contribution in [-0.4, -0.2) is 157 Å². The number of rotatable bonds is 26. The van der Waals surface area contributed by atoms with Gasteiger partial charge >= 0.3 is 0 Å². The molecule has 0 aliphatic carbocycles. The summed E-state index contributed by atoms with van der Waals surface area (Å²) in [5, 5.41) is 132. The first-order valence-electron chi connectivity index (χ1n) is 23.1. The topological polar surface area (TPSA) is 506 Å². The molecule has 0 spiro atoms. The van der Waals surface area contributed by atoms with Crippen molar-refractivity contribution in [3.63, 3.8) is 0 Å². The molecule has 406 valence electrons. The number of benzene rings is 4. The number of hydrogen-bond acceptors (Lipinski definition) is 23. The Bertz CT molecular complexity index is 2560. The number of phenols is 12. The molecule has 0 saturated carbocycles. The second-order valence-corrected chi connectivity index (χ2v) is 17.2. The molecular formula is C48H60N8O19. The molecule has 75 heavy (non-hydrogen) atoms. The number of amides is 5. The van der Waals surface area contributed by atoms with Crippen LogP contribution in [0.4, 0.5) is 0 Å². The maximum absolute atomic E-state index is 16.5. The van der Waals surface area contributed by atoms with Gasteiger partial charge in [-0.2, -0.15) is 0 Å². The number of nitrogens with zero attached hydrogens (tertiary/aromatic N) is 1. The standard InChI is InChI=1S/C48H60N8O19/c49-10-4-1-7-27(44(73)53-14-13-52)56(45(74)47(8-2-5-11-50,40(69)23-15-28(57)36(65)29(58)16-23)54-42(71)25-19-32(61)38(67)33(62)20-25)46(75)48(9-3-6-12-51,41(70)24-17-30(59)37(66)31(60)18-24)55-43(72)26-21-34(63)39(68)35(64)22-26/h15-22,27,57-68H,1-14,49-52H2,(H,53,73)(H,54,71)(H,55,72)/t27-,47+,48+/m0/s1. The molecule has 0 aliphatic heterocycles. The Labute approximate surface area is 426 Å². The molecule has 0 aliphatic rings. The van der Waals surface area contributed by atoms with E-state index in [4.69, 9.17) is 22.9 Å². The molecule has 0 radical (unpaired) electrons. The summed E-state index contributed by atoms with van der Waals surface area (Å²) in [7, 11) is 0. The van der Waals surface area contributed by atoms with E-state index in [2.05, 4.69) is 16.0 Å². The Morgan fingerprint density at radius 2 is 0.720 bits per heavy atom. The van der Waals surface area contributed by atoms with Gasteiger partial charge in [0.15, 0.2) is 91.6 Å². The lowest BCUT2D eigenvalue weighted by molar-refractivity contribution is -0.158. The van der Waals surface area contributed by atoms with Gasteiger partial charge in [0.1, 0.15) is 6.04 Å². The summed E-state index contributed by atoms with van der Waals surface area (Å²) in [6.07, 6.45) is -3.52. The predicted octanol–water partition coefficient (Wildman–Crippen LogP) is -0.257. The molecule has 0 heterocycles. The molecule has 0 bridgehead atoms. The highest BCUT2D eigenvalue weighted by Gasteiger charge is 2.58. The van der Waals surface area contributed by atoms with Crippen LogP contribution in [0.3, 0.4) is 0 Å². The molecule has 0 fully saturated rings. The molecule has 27 nitrogen and oxygen atoms in total. The van der Waals surface area contributed by atoms with Crippen molar-refractivity contribution in [3.8, 4) is 69.0 Å². The molecule has 0 saturated heterocycles. The zero-order valence-electron chi connectivity index (χ0n) is 40.1. The van der Waals surface area contributed by atoms with Crippen molar-refractivity contribution in [2.75, 3.05) is 32.7 Å². The van der Waals surface area contributed by atoms with Gasteiger partial charge in [-0.3, -0.25) is 38.5 Å². The third-order valence-corrected chi connectivity index (χ3v) is 11.9. The van der Waals surface area contributed by atoms with E-state index in [1.807, 2.05) is 0 Å². The van der Waals surface area contributed by atoms with Crippen molar-refractivity contribution < 1.29 is 94.8 Å². The van der Waals surface area contributed by atoms with Gasteiger partial charge in [0.25, 0.3) is 23.6 Å². The minimum Gasteiger partial charge on any atom is -0.504 e. The number of unbranched alkanes of at least 4 members (excludes halogenated alkanes) is 3. The van der Waals surface area contributed by atoms with E-state index in [1.165, 1.54) is 0 Å². The van der Waals surface area contributed by atoms with Crippen LogP contribution in [0.1, 0.15) is 99.2 Å². The molecule has 4 rings (SSSR count). The maximum Gasteiger partial charge on any atom is 0.263 e. The van der Waals surface area contributed by atoms with Gasteiger partial charge in [-0.15, -0.1) is 0 Å². The Balaban J connectivity index is 2.30. The Kier molecular flexibility index (Phi) is 19.8. The average molecular weight is 1050 g/mol. The van der Waals surface area contributed by atoms with Crippen molar-refractivity contribution in [2.24, 2.45) is 22.9 Å². The highest BCUT2D eigenvalue weighted by molar-refractivity contribution is 6.28. The summed E-state index contributed by atoms with van der Waals surface area (Å²) in [6.45, 7) is -1.03. The zero-order chi connectivity index (χ0) is 56.1. The summed E-state index contributed by atoms with van der Waals surface area (Å²) in [4.78, 5) is 108. The van der Waals surface area contributed by atoms with E-state index in [9.17, 15) is 75.7 Å². The summed E-state index contributed by atoms with van der Waals surface area (Å²) >= 11 is 0. The van der Waals surface area contributed by atoms with Gasteiger partial charge in [0.05, 0.1) is 0 Å². The normalized spacial score (nSPS) is 13.1. The summed E-state index contributed by atoms with van der Waals surface area (Å²) in [5.41, 5.74) is 13.1. The van der Waals surface area contributed by atoms with Crippen LogP contribution in [0, 0.1) is 0 Å². The Morgan fingerprint density at radius 1 is 0.427 bits per heavy atom. The Morgan fingerprint density at radius 3 is 1.01 bits per heavy atom. The van der Waals surface area contributed by atoms with Crippen molar-refractivity contribution in [1.82, 2.24) is 20.9 Å². The van der Waals surface area contributed by atoms with Crippen molar-refractivity contribution in [2.45, 2.75) is 74.9 Å². The SMILES string of the molecule is NCCCC[C@@H](C(=O)NCCN)N(C(=O)[C@](CCCCN)(NC(=O)c1cc(O)c(O)c(O)c1)C(=O)c1cc(O)c(O)c(O)c1)C(=O)[C@](CCCCN)(NC(=O)c1cc(O)c(O)c(O)c1)C(=O)c1cc(O)c(O)c(O)c1. The first kappa shape index (κ1) is 58.8. The minimum atomic E-state index is -3.37. The lowest BCUT2D eigenvalue weighted by atomic mass is 9.78. The van der Waals surface area contributed by atoms with E-state index in [0.717, 1.165) is 0 Å². The quantitative estimate of drug-likeness (QED) is 0.0167. The second kappa shape index (κ2) is 25.2. The summed E-state index contributed by atoms with van der Waals surface area (Å²) in [6, 6.07) is 2.25. The molecule has 0 aromatic heterocycles. The van der Waals surface area contributed by atoms with Gasteiger partial charge in [0.2, 0.25) is 5.91 Å². The van der Waals surface area contributed by atoms with Gasteiger partial charge < -0.3 is 100 Å². The lowest BCUT2D eigenvalue weighted by Gasteiger charge is -2.43. The number of ketones is 2. The molecule has 23 N–H and O–H groups in total. The average Bonchev–Trinajstić information content (AvgIpc) is 3.37.